The molecule has 1 aromatic heterocycles. The van der Waals surface area contributed by atoms with E-state index in [2.05, 4.69) is 4.98 Å². The fourth-order valence-electron chi connectivity index (χ4n) is 2.43. The lowest BCUT2D eigenvalue weighted by Crippen LogP contribution is -2.30. The van der Waals surface area contributed by atoms with Crippen LogP contribution >= 0.6 is 0 Å². The Morgan fingerprint density at radius 2 is 2.09 bits per heavy atom. The zero-order chi connectivity index (χ0) is 16.4. The van der Waals surface area contributed by atoms with Crippen LogP contribution in [0.3, 0.4) is 0 Å². The molecular weight excluding hydrogens is 294 g/mol. The van der Waals surface area contributed by atoms with E-state index < -0.39 is 12.0 Å². The van der Waals surface area contributed by atoms with Gasteiger partial charge in [-0.15, -0.1) is 0 Å². The van der Waals surface area contributed by atoms with Crippen molar-refractivity contribution in [3.63, 3.8) is 0 Å². The molecule has 0 aliphatic rings. The largest absolute Gasteiger partial charge is 0.481 e. The molecule has 1 heterocycles. The summed E-state index contributed by atoms with van der Waals surface area (Å²) in [6.45, 7) is 1.41. The van der Waals surface area contributed by atoms with Gasteiger partial charge in [0.1, 0.15) is 18.2 Å². The Hall–Kier alpha value is -2.86. The second-order valence-corrected chi connectivity index (χ2v) is 5.17. The molecule has 0 aliphatic heterocycles. The minimum atomic E-state index is -0.720. The minimum Gasteiger partial charge on any atom is -0.481 e. The lowest BCUT2D eigenvalue weighted by atomic mass is 10.2. The number of imidazole rings is 1. The molecule has 2 aromatic carbocycles. The van der Waals surface area contributed by atoms with Crippen LogP contribution in [0.25, 0.3) is 16.7 Å². The van der Waals surface area contributed by atoms with Crippen molar-refractivity contribution in [3.05, 3.63) is 54.4 Å². The van der Waals surface area contributed by atoms with Crippen molar-refractivity contribution in [1.82, 2.24) is 9.55 Å². The number of nitrogens with two attached hydrogens (primary N) is 1. The van der Waals surface area contributed by atoms with Crippen LogP contribution in [0.4, 0.5) is 0 Å². The third-order valence-electron chi connectivity index (χ3n) is 3.56. The summed E-state index contributed by atoms with van der Waals surface area (Å²) in [5, 5.41) is 9.59. The molecule has 23 heavy (non-hydrogen) atoms. The quantitative estimate of drug-likeness (QED) is 0.751. The number of benzene rings is 2. The van der Waals surface area contributed by atoms with Gasteiger partial charge < -0.3 is 15.6 Å². The molecule has 6 heteroatoms. The Labute approximate surface area is 133 Å². The van der Waals surface area contributed by atoms with E-state index in [9.17, 15) is 9.90 Å². The van der Waals surface area contributed by atoms with Gasteiger partial charge in [0, 0.05) is 6.07 Å². The van der Waals surface area contributed by atoms with Gasteiger partial charge >= 0.3 is 0 Å². The summed E-state index contributed by atoms with van der Waals surface area (Å²) in [4.78, 5) is 15.6. The van der Waals surface area contributed by atoms with Crippen molar-refractivity contribution in [1.29, 1.82) is 0 Å². The van der Waals surface area contributed by atoms with E-state index in [0.717, 1.165) is 16.7 Å². The standard InChI is InChI=1S/C17H17N3O3/c1-11(17(18)22)23-13-6-4-5-12(9-13)20-15-8-3-2-7-14(15)19-16(20)10-21/h2-9,11,21H,10H2,1H3,(H2,18,22). The van der Waals surface area contributed by atoms with Crippen molar-refractivity contribution >= 4 is 16.9 Å². The van der Waals surface area contributed by atoms with Gasteiger partial charge in [-0.2, -0.15) is 0 Å². The molecule has 0 spiro atoms. The molecule has 0 radical (unpaired) electrons. The van der Waals surface area contributed by atoms with E-state index >= 15 is 0 Å². The number of carbonyl (C=O) groups excluding carboxylic acids is 1. The number of para-hydroxylation sites is 2. The molecule has 0 aliphatic carbocycles. The summed E-state index contributed by atoms with van der Waals surface area (Å²) in [5.74, 6) is 0.529. The summed E-state index contributed by atoms with van der Waals surface area (Å²) >= 11 is 0. The molecular formula is C17H17N3O3. The number of primary amides is 1. The van der Waals surface area contributed by atoms with Crippen LogP contribution in [0.15, 0.2) is 48.5 Å². The predicted molar refractivity (Wildman–Crippen MR) is 86.3 cm³/mol. The Morgan fingerprint density at radius 3 is 2.83 bits per heavy atom. The summed E-state index contributed by atoms with van der Waals surface area (Å²) < 4.78 is 7.39. The molecule has 0 fully saturated rings. The van der Waals surface area contributed by atoms with Crippen molar-refractivity contribution < 1.29 is 14.6 Å². The first kappa shape index (κ1) is 15.1. The van der Waals surface area contributed by atoms with Crippen LogP contribution in [0.1, 0.15) is 12.7 Å². The van der Waals surface area contributed by atoms with E-state index in [1.165, 1.54) is 0 Å². The third-order valence-corrected chi connectivity index (χ3v) is 3.56. The maximum atomic E-state index is 11.1. The average molecular weight is 311 g/mol. The zero-order valence-corrected chi connectivity index (χ0v) is 12.6. The molecule has 1 amide bonds. The molecule has 118 valence electrons. The van der Waals surface area contributed by atoms with Crippen molar-refractivity contribution in [2.75, 3.05) is 0 Å². The van der Waals surface area contributed by atoms with Crippen LogP contribution in [0.2, 0.25) is 0 Å². The van der Waals surface area contributed by atoms with Crippen LogP contribution in [0.5, 0.6) is 5.75 Å². The highest BCUT2D eigenvalue weighted by Crippen LogP contribution is 2.24. The van der Waals surface area contributed by atoms with Crippen molar-refractivity contribution in [2.24, 2.45) is 5.73 Å². The number of amides is 1. The molecule has 1 atom stereocenters. The SMILES string of the molecule is CC(Oc1cccc(-n2c(CO)nc3ccccc32)c1)C(N)=O. The van der Waals surface area contributed by atoms with Gasteiger partial charge in [0.25, 0.3) is 5.91 Å². The summed E-state index contributed by atoms with van der Waals surface area (Å²) in [6, 6.07) is 14.9. The number of aliphatic hydroxyl groups excluding tert-OH is 1. The Balaban J connectivity index is 2.07. The number of ether oxygens (including phenoxy) is 1. The highest BCUT2D eigenvalue weighted by molar-refractivity contribution is 5.79. The maximum Gasteiger partial charge on any atom is 0.258 e. The summed E-state index contributed by atoms with van der Waals surface area (Å²) in [6.07, 6.45) is -0.720. The fourth-order valence-corrected chi connectivity index (χ4v) is 2.43. The molecule has 0 bridgehead atoms. The molecule has 3 N–H and O–H groups in total. The smallest absolute Gasteiger partial charge is 0.258 e. The zero-order valence-electron chi connectivity index (χ0n) is 12.6. The first-order chi connectivity index (χ1) is 11.1. The molecule has 3 aromatic rings. The fraction of sp³-hybridized carbons (Fsp3) is 0.176. The molecule has 6 nitrogen and oxygen atoms in total. The van der Waals surface area contributed by atoms with Crippen molar-refractivity contribution in [2.45, 2.75) is 19.6 Å². The Kier molecular flexibility index (Phi) is 3.99. The van der Waals surface area contributed by atoms with E-state index in [0.29, 0.717) is 11.6 Å². The van der Waals surface area contributed by atoms with Gasteiger partial charge in [-0.1, -0.05) is 18.2 Å². The van der Waals surface area contributed by atoms with Gasteiger partial charge in [-0.3, -0.25) is 9.36 Å². The number of rotatable bonds is 5. The van der Waals surface area contributed by atoms with Crippen LogP contribution in [-0.4, -0.2) is 26.7 Å². The monoisotopic (exact) mass is 311 g/mol. The van der Waals surface area contributed by atoms with Gasteiger partial charge in [0.05, 0.1) is 16.7 Å². The lowest BCUT2D eigenvalue weighted by Gasteiger charge is -2.13. The highest BCUT2D eigenvalue weighted by Gasteiger charge is 2.14. The van der Waals surface area contributed by atoms with E-state index in [1.54, 1.807) is 19.1 Å². The summed E-state index contributed by atoms with van der Waals surface area (Å²) in [7, 11) is 0. The number of hydrogen-bond donors (Lipinski definition) is 2. The van der Waals surface area contributed by atoms with E-state index in [4.69, 9.17) is 10.5 Å². The molecule has 1 unspecified atom stereocenters. The van der Waals surface area contributed by atoms with Gasteiger partial charge in [-0.05, 0) is 31.2 Å². The number of aliphatic hydroxyl groups is 1. The molecule has 3 rings (SSSR count). The lowest BCUT2D eigenvalue weighted by molar-refractivity contribution is -0.123. The number of carbonyl (C=O) groups is 1. The topological polar surface area (TPSA) is 90.4 Å². The highest BCUT2D eigenvalue weighted by atomic mass is 16.5. The number of nitrogens with zero attached hydrogens (tertiary/aromatic N) is 2. The minimum absolute atomic E-state index is 0.183. The van der Waals surface area contributed by atoms with Crippen LogP contribution in [-0.2, 0) is 11.4 Å². The Morgan fingerprint density at radius 1 is 1.30 bits per heavy atom. The average Bonchev–Trinajstić information content (AvgIpc) is 2.93. The predicted octanol–water partition coefficient (Wildman–Crippen LogP) is 1.77. The van der Waals surface area contributed by atoms with Crippen molar-refractivity contribution in [3.8, 4) is 11.4 Å². The second kappa shape index (κ2) is 6.10. The van der Waals surface area contributed by atoms with E-state index in [1.807, 2.05) is 41.0 Å². The van der Waals surface area contributed by atoms with Crippen LogP contribution < -0.4 is 10.5 Å². The number of hydrogen-bond acceptors (Lipinski definition) is 4. The first-order valence-electron chi connectivity index (χ1n) is 7.24. The van der Waals surface area contributed by atoms with Gasteiger partial charge in [0.15, 0.2) is 6.10 Å². The van der Waals surface area contributed by atoms with Crippen LogP contribution in [0, 0.1) is 0 Å². The third kappa shape index (κ3) is 2.89. The van der Waals surface area contributed by atoms with E-state index in [-0.39, 0.29) is 6.61 Å². The Bertz CT molecular complexity index is 857. The molecule has 0 saturated carbocycles. The normalized spacial score (nSPS) is 12.3. The molecule has 0 saturated heterocycles. The number of fused-ring (bicyclic) bond motifs is 1. The first-order valence-corrected chi connectivity index (χ1v) is 7.24. The number of aromatic nitrogens is 2. The van der Waals surface area contributed by atoms with Gasteiger partial charge in [0.2, 0.25) is 0 Å². The maximum absolute atomic E-state index is 11.1. The second-order valence-electron chi connectivity index (χ2n) is 5.17. The van der Waals surface area contributed by atoms with Gasteiger partial charge in [-0.25, -0.2) is 4.98 Å². The summed E-state index contributed by atoms with van der Waals surface area (Å²) in [5.41, 5.74) is 7.70.